The van der Waals surface area contributed by atoms with Crippen LogP contribution in [0.25, 0.3) is 10.2 Å². The molecule has 33 heavy (non-hydrogen) atoms. The van der Waals surface area contributed by atoms with Crippen LogP contribution in [0.15, 0.2) is 29.4 Å². The highest BCUT2D eigenvalue weighted by Crippen LogP contribution is 2.42. The zero-order valence-corrected chi connectivity index (χ0v) is 21.1. The summed E-state index contributed by atoms with van der Waals surface area (Å²) in [4.78, 5) is 24.2. The zero-order chi connectivity index (χ0) is 23.4. The minimum atomic E-state index is -0.238. The van der Waals surface area contributed by atoms with E-state index in [1.807, 2.05) is 18.4 Å². The molecule has 0 aliphatic carbocycles. The van der Waals surface area contributed by atoms with Gasteiger partial charge in [0.25, 0.3) is 5.91 Å². The van der Waals surface area contributed by atoms with Crippen molar-refractivity contribution in [2.45, 2.75) is 63.8 Å². The van der Waals surface area contributed by atoms with Crippen LogP contribution in [0.2, 0.25) is 0 Å². The van der Waals surface area contributed by atoms with E-state index >= 15 is 0 Å². The fraction of sp³-hybridized carbons (Fsp3) is 0.458. The van der Waals surface area contributed by atoms with Crippen LogP contribution >= 0.6 is 23.1 Å². The maximum atomic E-state index is 12.8. The topological polar surface area (TPSA) is 85.4 Å². The van der Waals surface area contributed by atoms with E-state index in [2.05, 4.69) is 36.6 Å². The molecule has 1 unspecified atom stereocenters. The summed E-state index contributed by atoms with van der Waals surface area (Å²) >= 11 is 3.11. The molecule has 0 radical (unpaired) electrons. The highest BCUT2D eigenvalue weighted by atomic mass is 32.2. The molecular weight excluding hydrogens is 456 g/mol. The third kappa shape index (κ3) is 5.26. The second-order valence-corrected chi connectivity index (χ2v) is 10.2. The van der Waals surface area contributed by atoms with Gasteiger partial charge in [-0.05, 0) is 55.9 Å². The van der Waals surface area contributed by atoms with E-state index in [4.69, 9.17) is 14.5 Å². The molecule has 0 spiro atoms. The Morgan fingerprint density at radius 2 is 2.06 bits per heavy atom. The van der Waals surface area contributed by atoms with Gasteiger partial charge in [-0.3, -0.25) is 15.6 Å². The lowest BCUT2D eigenvalue weighted by molar-refractivity contribution is -0.0543. The third-order valence-corrected chi connectivity index (χ3v) is 7.57. The van der Waals surface area contributed by atoms with Crippen molar-refractivity contribution in [1.82, 2.24) is 15.4 Å². The van der Waals surface area contributed by atoms with Crippen LogP contribution in [0.1, 0.15) is 60.8 Å². The normalized spacial score (nSPS) is 17.6. The summed E-state index contributed by atoms with van der Waals surface area (Å²) in [5.74, 6) is 1.15. The summed E-state index contributed by atoms with van der Waals surface area (Å²) < 4.78 is 11.8. The fourth-order valence-electron chi connectivity index (χ4n) is 3.69. The first-order valence-corrected chi connectivity index (χ1v) is 13.3. The van der Waals surface area contributed by atoms with Crippen molar-refractivity contribution in [3.05, 3.63) is 40.3 Å². The average molecular weight is 487 g/mol. The molecule has 0 saturated carbocycles. The minimum Gasteiger partial charge on any atom is -0.494 e. The number of unbranched alkanes of at least 4 members (excludes halogenated alkanes) is 1. The molecule has 0 bridgehead atoms. The molecule has 1 atom stereocenters. The third-order valence-electron chi connectivity index (χ3n) is 5.92. The number of thioether (sulfide) groups is 1. The van der Waals surface area contributed by atoms with Crippen molar-refractivity contribution < 1.29 is 14.3 Å². The molecule has 1 aromatic carbocycles. The van der Waals surface area contributed by atoms with Crippen molar-refractivity contribution in [1.29, 1.82) is 0 Å². The number of carbonyl (C=O) groups excluding carboxylic acids is 1. The predicted octanol–water partition coefficient (Wildman–Crippen LogP) is 5.59. The molecular formula is C24H30N4O3S2. The molecule has 1 amide bonds. The minimum absolute atomic E-state index is 0.208. The standard InChI is InChI=1S/C24H30N4O3S2/c1-5-7-12-30-16-10-8-15(9-11-16)21(29)28-27-20-19-17-13-24(3,6-2)31-14-18(17)33-22(19)26-23(25-20)32-4/h8-11H,5-7,12-14H2,1-4H3,(H,28,29)(H,25,26,27). The molecule has 3 aromatic rings. The number of aromatic nitrogens is 2. The molecule has 0 fully saturated rings. The Labute approximate surface area is 202 Å². The van der Waals surface area contributed by atoms with Crippen LogP contribution in [0.5, 0.6) is 5.75 Å². The maximum Gasteiger partial charge on any atom is 0.269 e. The lowest BCUT2D eigenvalue weighted by Crippen LogP contribution is -2.34. The van der Waals surface area contributed by atoms with Gasteiger partial charge in [-0.25, -0.2) is 9.97 Å². The summed E-state index contributed by atoms with van der Waals surface area (Å²) in [5.41, 5.74) is 7.42. The van der Waals surface area contributed by atoms with Crippen molar-refractivity contribution in [2.24, 2.45) is 0 Å². The SMILES string of the molecule is CCCCOc1ccc(C(=O)NNc2nc(SC)nc3sc4c(c23)CC(C)(CC)OC4)cc1. The Hall–Kier alpha value is -2.36. The lowest BCUT2D eigenvalue weighted by atomic mass is 9.90. The second kappa shape index (κ2) is 10.3. The number of hydrogen-bond donors (Lipinski definition) is 2. The van der Waals surface area contributed by atoms with Crippen LogP contribution in [-0.2, 0) is 17.8 Å². The quantitative estimate of drug-likeness (QED) is 0.176. The van der Waals surface area contributed by atoms with Crippen LogP contribution < -0.4 is 15.6 Å². The molecule has 3 heterocycles. The van der Waals surface area contributed by atoms with Gasteiger partial charge in [0.2, 0.25) is 0 Å². The van der Waals surface area contributed by atoms with Crippen LogP contribution in [0.3, 0.4) is 0 Å². The highest BCUT2D eigenvalue weighted by molar-refractivity contribution is 7.98. The highest BCUT2D eigenvalue weighted by Gasteiger charge is 2.33. The van der Waals surface area contributed by atoms with Crippen LogP contribution in [0.4, 0.5) is 5.82 Å². The Kier molecular flexibility index (Phi) is 7.41. The lowest BCUT2D eigenvalue weighted by Gasteiger charge is -2.33. The molecule has 7 nitrogen and oxygen atoms in total. The van der Waals surface area contributed by atoms with Crippen LogP contribution in [0, 0.1) is 0 Å². The van der Waals surface area contributed by atoms with Gasteiger partial charge in [-0.1, -0.05) is 32.0 Å². The molecule has 9 heteroatoms. The summed E-state index contributed by atoms with van der Waals surface area (Å²) in [6.07, 6.45) is 5.75. The molecule has 0 saturated heterocycles. The number of amides is 1. The number of nitrogens with zero attached hydrogens (tertiary/aromatic N) is 2. The van der Waals surface area contributed by atoms with Crippen LogP contribution in [-0.4, -0.2) is 34.3 Å². The average Bonchev–Trinajstić information content (AvgIpc) is 3.20. The predicted molar refractivity (Wildman–Crippen MR) is 134 cm³/mol. The smallest absolute Gasteiger partial charge is 0.269 e. The zero-order valence-electron chi connectivity index (χ0n) is 19.5. The number of fused-ring (bicyclic) bond motifs is 3. The first-order chi connectivity index (χ1) is 16.0. The summed E-state index contributed by atoms with van der Waals surface area (Å²) in [6.45, 7) is 7.66. The van der Waals surface area contributed by atoms with Gasteiger partial charge in [0.05, 0.1) is 24.2 Å². The van der Waals surface area contributed by atoms with Gasteiger partial charge in [0.15, 0.2) is 11.0 Å². The van der Waals surface area contributed by atoms with Crippen molar-refractivity contribution >= 4 is 45.0 Å². The summed E-state index contributed by atoms with van der Waals surface area (Å²) in [6, 6.07) is 7.16. The van der Waals surface area contributed by atoms with E-state index in [1.165, 1.54) is 22.2 Å². The Morgan fingerprint density at radius 1 is 1.27 bits per heavy atom. The number of hydrogen-bond acceptors (Lipinski definition) is 8. The Morgan fingerprint density at radius 3 is 2.76 bits per heavy atom. The van der Waals surface area contributed by atoms with Crippen molar-refractivity contribution in [3.63, 3.8) is 0 Å². The molecule has 1 aliphatic heterocycles. The van der Waals surface area contributed by atoms with Gasteiger partial charge < -0.3 is 9.47 Å². The number of hydrazine groups is 1. The van der Waals surface area contributed by atoms with Gasteiger partial charge in [0.1, 0.15) is 10.6 Å². The Balaban J connectivity index is 1.54. The number of nitrogens with one attached hydrogen (secondary N) is 2. The van der Waals surface area contributed by atoms with E-state index in [-0.39, 0.29) is 11.5 Å². The number of thiophene rings is 1. The fourth-order valence-corrected chi connectivity index (χ4v) is 5.21. The molecule has 176 valence electrons. The van der Waals surface area contributed by atoms with E-state index in [9.17, 15) is 4.79 Å². The van der Waals surface area contributed by atoms with Crippen molar-refractivity contribution in [3.8, 4) is 5.75 Å². The number of ether oxygens (including phenoxy) is 2. The van der Waals surface area contributed by atoms with E-state index in [0.717, 1.165) is 41.6 Å². The van der Waals surface area contributed by atoms with E-state index in [0.29, 0.717) is 29.8 Å². The first-order valence-electron chi connectivity index (χ1n) is 11.3. The van der Waals surface area contributed by atoms with Gasteiger partial charge in [0, 0.05) is 16.9 Å². The number of rotatable bonds is 9. The monoisotopic (exact) mass is 486 g/mol. The second-order valence-electron chi connectivity index (χ2n) is 8.32. The molecule has 4 rings (SSSR count). The number of benzene rings is 1. The number of anilines is 1. The van der Waals surface area contributed by atoms with Crippen molar-refractivity contribution in [2.75, 3.05) is 18.3 Å². The molecule has 1 aliphatic rings. The van der Waals surface area contributed by atoms with E-state index < -0.39 is 0 Å². The molecule has 2 aromatic heterocycles. The summed E-state index contributed by atoms with van der Waals surface area (Å²) in [5, 5.41) is 1.63. The largest absolute Gasteiger partial charge is 0.494 e. The van der Waals surface area contributed by atoms with Gasteiger partial charge >= 0.3 is 0 Å². The molecule has 2 N–H and O–H groups in total. The van der Waals surface area contributed by atoms with Gasteiger partial charge in [-0.15, -0.1) is 11.3 Å². The maximum absolute atomic E-state index is 12.8. The van der Waals surface area contributed by atoms with Gasteiger partial charge in [-0.2, -0.15) is 0 Å². The first kappa shape index (κ1) is 23.8. The summed E-state index contributed by atoms with van der Waals surface area (Å²) in [7, 11) is 0. The number of carbonyl (C=O) groups is 1. The van der Waals surface area contributed by atoms with E-state index in [1.54, 1.807) is 23.5 Å². The Bertz CT molecular complexity index is 1130.